The van der Waals surface area contributed by atoms with Crippen molar-refractivity contribution >= 4 is 0 Å². The minimum atomic E-state index is -0.244. The molecule has 0 atom stereocenters. The van der Waals surface area contributed by atoms with Gasteiger partial charge in [-0.05, 0) is 45.0 Å². The Morgan fingerprint density at radius 1 is 0.875 bits per heavy atom. The quantitative estimate of drug-likeness (QED) is 0.662. The number of nitrogens with zero attached hydrogens (tertiary/aromatic N) is 1. The number of hydrogen-bond acceptors (Lipinski definition) is 4. The van der Waals surface area contributed by atoms with E-state index in [0.717, 1.165) is 28.3 Å². The lowest BCUT2D eigenvalue weighted by molar-refractivity contribution is 0.131. The third-order valence-electron chi connectivity index (χ3n) is 3.42. The summed E-state index contributed by atoms with van der Waals surface area (Å²) in [6.45, 7) is 6.07. The smallest absolute Gasteiger partial charge is 0.167 e. The topological polar surface area (TPSA) is 44.5 Å². The van der Waals surface area contributed by atoms with Crippen molar-refractivity contribution < 1.29 is 14.0 Å². The molecule has 0 bridgehead atoms. The van der Waals surface area contributed by atoms with E-state index in [1.807, 2.05) is 75.4 Å². The highest BCUT2D eigenvalue weighted by Gasteiger charge is 2.14. The summed E-state index contributed by atoms with van der Waals surface area (Å²) in [6.07, 6.45) is 0. The maximum absolute atomic E-state index is 5.91. The molecule has 0 fully saturated rings. The molecule has 0 aliphatic carbocycles. The Bertz CT molecular complexity index is 831. The Morgan fingerprint density at radius 3 is 2.25 bits per heavy atom. The normalized spacial score (nSPS) is 11.3. The molecule has 124 valence electrons. The van der Waals surface area contributed by atoms with Crippen molar-refractivity contribution in [3.8, 4) is 34.1 Å². The molecule has 0 aliphatic rings. The van der Waals surface area contributed by atoms with E-state index >= 15 is 0 Å². The van der Waals surface area contributed by atoms with Gasteiger partial charge in [-0.2, -0.15) is 0 Å². The summed E-state index contributed by atoms with van der Waals surface area (Å²) in [4.78, 5) is 0. The molecule has 3 aromatic rings. The summed E-state index contributed by atoms with van der Waals surface area (Å²) in [5.41, 5.74) is 2.40. The van der Waals surface area contributed by atoms with Gasteiger partial charge in [-0.15, -0.1) is 0 Å². The molecule has 0 aliphatic heterocycles. The first kappa shape index (κ1) is 16.1. The molecule has 4 nitrogen and oxygen atoms in total. The van der Waals surface area contributed by atoms with Crippen LogP contribution in [0.4, 0.5) is 0 Å². The monoisotopic (exact) mass is 323 g/mol. The lowest BCUT2D eigenvalue weighted by Crippen LogP contribution is -2.22. The van der Waals surface area contributed by atoms with Crippen LogP contribution in [0.5, 0.6) is 11.5 Å². The summed E-state index contributed by atoms with van der Waals surface area (Å²) in [5, 5.41) is 4.17. The van der Waals surface area contributed by atoms with Crippen molar-refractivity contribution in [2.45, 2.75) is 26.4 Å². The fourth-order valence-electron chi connectivity index (χ4n) is 2.40. The van der Waals surface area contributed by atoms with Gasteiger partial charge in [0.1, 0.15) is 22.8 Å². The predicted octanol–water partition coefficient (Wildman–Crippen LogP) is 5.19. The highest BCUT2D eigenvalue weighted by molar-refractivity contribution is 5.68. The Labute approximate surface area is 142 Å². The van der Waals surface area contributed by atoms with E-state index in [0.29, 0.717) is 5.76 Å². The van der Waals surface area contributed by atoms with Crippen molar-refractivity contribution in [2.75, 3.05) is 7.11 Å². The molecule has 0 spiro atoms. The first-order valence-corrected chi connectivity index (χ1v) is 7.85. The van der Waals surface area contributed by atoms with Crippen LogP contribution in [-0.2, 0) is 0 Å². The fraction of sp³-hybridized carbons (Fsp3) is 0.250. The molecule has 0 unspecified atom stereocenters. The molecular formula is C20H21NO3. The SMILES string of the molecule is COc1cccc(-c2cc(-c3cccc(OC(C)(C)C)c3)on2)c1. The summed E-state index contributed by atoms with van der Waals surface area (Å²) in [6, 6.07) is 17.5. The van der Waals surface area contributed by atoms with Crippen LogP contribution in [0.3, 0.4) is 0 Å². The lowest BCUT2D eigenvalue weighted by atomic mass is 10.1. The van der Waals surface area contributed by atoms with Gasteiger partial charge < -0.3 is 14.0 Å². The van der Waals surface area contributed by atoms with Crippen molar-refractivity contribution in [1.82, 2.24) is 5.16 Å². The molecule has 4 heteroatoms. The molecule has 1 aromatic heterocycles. The van der Waals surface area contributed by atoms with Gasteiger partial charge in [-0.1, -0.05) is 29.4 Å². The predicted molar refractivity (Wildman–Crippen MR) is 94.3 cm³/mol. The van der Waals surface area contributed by atoms with Crippen LogP contribution >= 0.6 is 0 Å². The third-order valence-corrected chi connectivity index (χ3v) is 3.42. The van der Waals surface area contributed by atoms with Gasteiger partial charge in [0.2, 0.25) is 0 Å². The standard InChI is InChI=1S/C20H21NO3/c1-20(2,3)23-17-10-6-8-15(12-17)19-13-18(21-24-19)14-7-5-9-16(11-14)22-4/h5-13H,1-4H3. The maximum Gasteiger partial charge on any atom is 0.167 e. The third kappa shape index (κ3) is 3.77. The summed E-state index contributed by atoms with van der Waals surface area (Å²) < 4.78 is 16.7. The molecule has 0 saturated carbocycles. The van der Waals surface area contributed by atoms with Gasteiger partial charge >= 0.3 is 0 Å². The fourth-order valence-corrected chi connectivity index (χ4v) is 2.40. The summed E-state index contributed by atoms with van der Waals surface area (Å²) >= 11 is 0. The van der Waals surface area contributed by atoms with Gasteiger partial charge in [0.15, 0.2) is 5.76 Å². The molecule has 0 saturated heterocycles. The zero-order valence-electron chi connectivity index (χ0n) is 14.4. The van der Waals surface area contributed by atoms with Crippen molar-refractivity contribution in [3.63, 3.8) is 0 Å². The molecule has 24 heavy (non-hydrogen) atoms. The number of rotatable bonds is 4. The molecule has 1 heterocycles. The minimum Gasteiger partial charge on any atom is -0.497 e. The average Bonchev–Trinajstić information content (AvgIpc) is 3.04. The van der Waals surface area contributed by atoms with Gasteiger partial charge in [0.05, 0.1) is 7.11 Å². The first-order chi connectivity index (χ1) is 11.4. The van der Waals surface area contributed by atoms with E-state index in [2.05, 4.69) is 5.16 Å². The van der Waals surface area contributed by atoms with Gasteiger partial charge in [-0.25, -0.2) is 0 Å². The van der Waals surface area contributed by atoms with Crippen LogP contribution in [-0.4, -0.2) is 17.9 Å². The lowest BCUT2D eigenvalue weighted by Gasteiger charge is -2.21. The first-order valence-electron chi connectivity index (χ1n) is 7.85. The molecule has 0 radical (unpaired) electrons. The van der Waals surface area contributed by atoms with Gasteiger partial charge in [0.25, 0.3) is 0 Å². The van der Waals surface area contributed by atoms with Crippen LogP contribution in [0.25, 0.3) is 22.6 Å². The maximum atomic E-state index is 5.91. The number of benzene rings is 2. The Balaban J connectivity index is 1.89. The van der Waals surface area contributed by atoms with Gasteiger partial charge in [0, 0.05) is 17.2 Å². The van der Waals surface area contributed by atoms with Crippen molar-refractivity contribution in [2.24, 2.45) is 0 Å². The van der Waals surface area contributed by atoms with E-state index in [4.69, 9.17) is 14.0 Å². The summed E-state index contributed by atoms with van der Waals surface area (Å²) in [5.74, 6) is 2.30. The second-order valence-corrected chi connectivity index (χ2v) is 6.55. The Kier molecular flexibility index (Phi) is 4.30. The van der Waals surface area contributed by atoms with E-state index in [1.54, 1.807) is 7.11 Å². The van der Waals surface area contributed by atoms with E-state index in [-0.39, 0.29) is 5.60 Å². The second-order valence-electron chi connectivity index (χ2n) is 6.55. The van der Waals surface area contributed by atoms with Crippen molar-refractivity contribution in [1.29, 1.82) is 0 Å². The Morgan fingerprint density at radius 2 is 1.54 bits per heavy atom. The van der Waals surface area contributed by atoms with Crippen LogP contribution in [0.1, 0.15) is 20.8 Å². The summed E-state index contributed by atoms with van der Waals surface area (Å²) in [7, 11) is 1.65. The van der Waals surface area contributed by atoms with Crippen LogP contribution in [0.2, 0.25) is 0 Å². The van der Waals surface area contributed by atoms with Gasteiger partial charge in [-0.3, -0.25) is 0 Å². The second kappa shape index (κ2) is 6.40. The highest BCUT2D eigenvalue weighted by Crippen LogP contribution is 2.30. The zero-order chi connectivity index (χ0) is 17.2. The van der Waals surface area contributed by atoms with E-state index < -0.39 is 0 Å². The van der Waals surface area contributed by atoms with Crippen LogP contribution < -0.4 is 9.47 Å². The molecule has 3 rings (SSSR count). The minimum absolute atomic E-state index is 0.244. The molecule has 2 aromatic carbocycles. The number of methoxy groups -OCH3 is 1. The van der Waals surface area contributed by atoms with Crippen LogP contribution in [0.15, 0.2) is 59.1 Å². The highest BCUT2D eigenvalue weighted by atomic mass is 16.5. The largest absolute Gasteiger partial charge is 0.497 e. The average molecular weight is 323 g/mol. The molecule has 0 N–H and O–H groups in total. The number of aromatic nitrogens is 1. The molecule has 0 amide bonds. The number of hydrogen-bond donors (Lipinski definition) is 0. The number of ether oxygens (including phenoxy) is 2. The Hall–Kier alpha value is -2.75. The van der Waals surface area contributed by atoms with Crippen molar-refractivity contribution in [3.05, 3.63) is 54.6 Å². The van der Waals surface area contributed by atoms with E-state index in [9.17, 15) is 0 Å². The molecular weight excluding hydrogens is 302 g/mol. The van der Waals surface area contributed by atoms with E-state index in [1.165, 1.54) is 0 Å². The zero-order valence-corrected chi connectivity index (χ0v) is 14.4. The van der Waals surface area contributed by atoms with Crippen LogP contribution in [0, 0.1) is 0 Å².